The van der Waals surface area contributed by atoms with Gasteiger partial charge in [-0.25, -0.2) is 19.3 Å². The SMILES string of the molecule is CN(C)c1cccc(CCC(=O)c2nc(-c3ccc(=O)n(C)c3)c(-c3ncco3)nc2N)c1F. The zero-order valence-electron chi connectivity index (χ0n) is 18.9. The van der Waals surface area contributed by atoms with Crippen LogP contribution in [0.3, 0.4) is 0 Å². The fourth-order valence-corrected chi connectivity index (χ4v) is 3.55. The number of carbonyl (C=O) groups excluding carboxylic acids is 1. The molecule has 0 saturated heterocycles. The van der Waals surface area contributed by atoms with Crippen molar-refractivity contribution in [3.8, 4) is 22.8 Å². The summed E-state index contributed by atoms with van der Waals surface area (Å²) >= 11 is 0. The average molecular weight is 462 g/mol. The van der Waals surface area contributed by atoms with E-state index in [1.165, 1.54) is 23.1 Å². The number of halogens is 1. The highest BCUT2D eigenvalue weighted by Crippen LogP contribution is 2.30. The van der Waals surface area contributed by atoms with Gasteiger partial charge in [0.1, 0.15) is 23.5 Å². The summed E-state index contributed by atoms with van der Waals surface area (Å²) in [4.78, 5) is 39.5. The summed E-state index contributed by atoms with van der Waals surface area (Å²) in [6, 6.07) is 8.02. The third-order valence-electron chi connectivity index (χ3n) is 5.34. The standard InChI is InChI=1S/C24H23FN6O3/c1-30(2)16-6-4-5-14(19(16)25)7-9-17(32)21-23(26)29-22(24-27-11-12-34-24)20(28-21)15-8-10-18(33)31(3)13-15/h4-6,8,10-13H,7,9H2,1-3H3,(H2,26,29). The van der Waals surface area contributed by atoms with Gasteiger partial charge in [0.15, 0.2) is 17.3 Å². The van der Waals surface area contributed by atoms with E-state index in [0.717, 1.165) is 0 Å². The number of rotatable bonds is 7. The van der Waals surface area contributed by atoms with Gasteiger partial charge >= 0.3 is 0 Å². The summed E-state index contributed by atoms with van der Waals surface area (Å²) in [5.74, 6) is -0.673. The van der Waals surface area contributed by atoms with E-state index in [4.69, 9.17) is 10.2 Å². The van der Waals surface area contributed by atoms with Crippen molar-refractivity contribution in [2.24, 2.45) is 7.05 Å². The van der Waals surface area contributed by atoms with Crippen LogP contribution in [0.1, 0.15) is 22.5 Å². The number of nitrogens with two attached hydrogens (primary N) is 1. The summed E-state index contributed by atoms with van der Waals surface area (Å²) < 4.78 is 21.5. The first kappa shape index (κ1) is 22.8. The molecule has 9 nitrogen and oxygen atoms in total. The molecular weight excluding hydrogens is 439 g/mol. The van der Waals surface area contributed by atoms with Gasteiger partial charge in [0, 0.05) is 45.4 Å². The lowest BCUT2D eigenvalue weighted by Crippen LogP contribution is -2.16. The maximum atomic E-state index is 14.8. The van der Waals surface area contributed by atoms with Crippen molar-refractivity contribution in [3.05, 3.63) is 76.4 Å². The predicted molar refractivity (Wildman–Crippen MR) is 126 cm³/mol. The van der Waals surface area contributed by atoms with Gasteiger partial charge in [0.25, 0.3) is 0 Å². The number of nitrogens with zero attached hydrogens (tertiary/aromatic N) is 5. The first-order valence-electron chi connectivity index (χ1n) is 10.5. The fourth-order valence-electron chi connectivity index (χ4n) is 3.55. The molecule has 10 heteroatoms. The van der Waals surface area contributed by atoms with Gasteiger partial charge in [-0.15, -0.1) is 0 Å². The van der Waals surface area contributed by atoms with Crippen molar-refractivity contribution in [3.63, 3.8) is 0 Å². The van der Waals surface area contributed by atoms with E-state index < -0.39 is 0 Å². The van der Waals surface area contributed by atoms with Gasteiger partial charge in [-0.05, 0) is 24.1 Å². The number of hydrogen-bond acceptors (Lipinski definition) is 8. The average Bonchev–Trinajstić information content (AvgIpc) is 3.34. The van der Waals surface area contributed by atoms with Crippen molar-refractivity contribution >= 4 is 17.3 Å². The van der Waals surface area contributed by atoms with Gasteiger partial charge in [-0.3, -0.25) is 9.59 Å². The molecule has 0 radical (unpaired) electrons. The smallest absolute Gasteiger partial charge is 0.250 e. The molecule has 3 heterocycles. The van der Waals surface area contributed by atoms with E-state index in [9.17, 15) is 14.0 Å². The predicted octanol–water partition coefficient (Wildman–Crippen LogP) is 3.10. The molecule has 0 aliphatic carbocycles. The van der Waals surface area contributed by atoms with Crippen LogP contribution in [0.25, 0.3) is 22.8 Å². The maximum absolute atomic E-state index is 14.8. The molecule has 0 saturated carbocycles. The van der Waals surface area contributed by atoms with Crippen LogP contribution in [-0.4, -0.2) is 39.4 Å². The molecule has 0 bridgehead atoms. The van der Waals surface area contributed by atoms with E-state index in [2.05, 4.69) is 15.0 Å². The molecule has 0 fully saturated rings. The van der Waals surface area contributed by atoms with Crippen molar-refractivity contribution in [1.82, 2.24) is 19.5 Å². The number of anilines is 2. The lowest BCUT2D eigenvalue weighted by molar-refractivity contribution is 0.0978. The summed E-state index contributed by atoms with van der Waals surface area (Å²) in [7, 11) is 5.10. The number of carbonyl (C=O) groups is 1. The van der Waals surface area contributed by atoms with Gasteiger partial charge < -0.3 is 19.6 Å². The second-order valence-corrected chi connectivity index (χ2v) is 7.93. The molecule has 174 valence electrons. The number of hydrogen-bond donors (Lipinski definition) is 1. The van der Waals surface area contributed by atoms with E-state index in [-0.39, 0.29) is 58.8 Å². The number of pyridine rings is 1. The number of benzene rings is 1. The van der Waals surface area contributed by atoms with Gasteiger partial charge in [-0.1, -0.05) is 12.1 Å². The molecule has 4 aromatic rings. The van der Waals surface area contributed by atoms with Crippen LogP contribution in [0.5, 0.6) is 0 Å². The zero-order chi connectivity index (χ0) is 24.4. The summed E-state index contributed by atoms with van der Waals surface area (Å²) in [6.45, 7) is 0. The molecule has 1 aromatic carbocycles. The molecule has 0 aliphatic rings. The first-order chi connectivity index (χ1) is 16.3. The Balaban J connectivity index is 1.71. The van der Waals surface area contributed by atoms with Crippen LogP contribution in [0.4, 0.5) is 15.9 Å². The summed E-state index contributed by atoms with van der Waals surface area (Å²) in [5.41, 5.74) is 7.76. The lowest BCUT2D eigenvalue weighted by atomic mass is 10.0. The number of Topliss-reactive ketones (excluding diaryl/α,β-unsaturated/α-hetero) is 1. The highest BCUT2D eigenvalue weighted by molar-refractivity contribution is 5.99. The van der Waals surface area contributed by atoms with Crippen molar-refractivity contribution in [1.29, 1.82) is 0 Å². The van der Waals surface area contributed by atoms with Crippen LogP contribution >= 0.6 is 0 Å². The number of oxazole rings is 1. The monoisotopic (exact) mass is 462 g/mol. The first-order valence-corrected chi connectivity index (χ1v) is 10.5. The van der Waals surface area contributed by atoms with Crippen molar-refractivity contribution < 1.29 is 13.6 Å². The second kappa shape index (κ2) is 9.26. The minimum absolute atomic E-state index is 0.0161. The summed E-state index contributed by atoms with van der Waals surface area (Å²) in [6.07, 6.45) is 4.56. The normalized spacial score (nSPS) is 10.9. The third-order valence-corrected chi connectivity index (χ3v) is 5.34. The summed E-state index contributed by atoms with van der Waals surface area (Å²) in [5, 5.41) is 0. The van der Waals surface area contributed by atoms with Crippen LogP contribution in [-0.2, 0) is 13.5 Å². The van der Waals surface area contributed by atoms with Crippen LogP contribution in [0, 0.1) is 5.82 Å². The number of nitrogen functional groups attached to an aromatic ring is 1. The Bertz CT molecular complexity index is 1410. The highest BCUT2D eigenvalue weighted by Gasteiger charge is 2.22. The Morgan fingerprint density at radius 2 is 1.97 bits per heavy atom. The van der Waals surface area contributed by atoms with E-state index in [1.54, 1.807) is 56.5 Å². The highest BCUT2D eigenvalue weighted by atomic mass is 19.1. The van der Waals surface area contributed by atoms with E-state index >= 15 is 0 Å². The molecule has 2 N–H and O–H groups in total. The molecule has 0 spiro atoms. The number of aromatic nitrogens is 4. The van der Waals surface area contributed by atoms with Crippen LogP contribution < -0.4 is 16.2 Å². The Morgan fingerprint density at radius 3 is 2.65 bits per heavy atom. The van der Waals surface area contributed by atoms with Crippen LogP contribution in [0.2, 0.25) is 0 Å². The van der Waals surface area contributed by atoms with Crippen molar-refractivity contribution in [2.75, 3.05) is 24.7 Å². The Morgan fingerprint density at radius 1 is 1.18 bits per heavy atom. The topological polar surface area (TPSA) is 120 Å². The largest absolute Gasteiger partial charge is 0.443 e. The minimum Gasteiger partial charge on any atom is -0.443 e. The second-order valence-electron chi connectivity index (χ2n) is 7.93. The molecule has 0 unspecified atom stereocenters. The van der Waals surface area contributed by atoms with E-state index in [0.29, 0.717) is 16.8 Å². The van der Waals surface area contributed by atoms with Gasteiger partial charge in [0.2, 0.25) is 11.4 Å². The Labute approximate surface area is 194 Å². The molecule has 0 aliphatic heterocycles. The molecular formula is C24H23FN6O3. The van der Waals surface area contributed by atoms with Gasteiger partial charge in [-0.2, -0.15) is 0 Å². The quantitative estimate of drug-likeness (QED) is 0.416. The number of aryl methyl sites for hydroxylation is 2. The van der Waals surface area contributed by atoms with Crippen molar-refractivity contribution in [2.45, 2.75) is 12.8 Å². The molecule has 4 rings (SSSR count). The van der Waals surface area contributed by atoms with Gasteiger partial charge in [0.05, 0.1) is 11.9 Å². The molecule has 0 amide bonds. The lowest BCUT2D eigenvalue weighted by Gasteiger charge is -2.15. The Kier molecular flexibility index (Phi) is 6.22. The minimum atomic E-state index is -0.385. The fraction of sp³-hybridized carbons (Fsp3) is 0.208. The molecule has 0 atom stereocenters. The van der Waals surface area contributed by atoms with E-state index in [1.807, 2.05) is 0 Å². The Hall–Kier alpha value is -4.34. The number of ketones is 1. The molecule has 34 heavy (non-hydrogen) atoms. The maximum Gasteiger partial charge on any atom is 0.250 e. The molecule has 3 aromatic heterocycles. The van der Waals surface area contributed by atoms with Crippen LogP contribution in [0.15, 0.2) is 58.2 Å². The third kappa shape index (κ3) is 4.42. The zero-order valence-corrected chi connectivity index (χ0v) is 18.9.